The van der Waals surface area contributed by atoms with Gasteiger partial charge >= 0.3 is 0 Å². The second-order valence-corrected chi connectivity index (χ2v) is 7.34. The fourth-order valence-electron chi connectivity index (χ4n) is 1.98. The molecule has 1 N–H and O–H groups in total. The number of hydrogen-bond donors (Lipinski definition) is 1. The topological polar surface area (TPSA) is 57.6 Å². The van der Waals surface area contributed by atoms with E-state index < -0.39 is 10.0 Å². The lowest BCUT2D eigenvalue weighted by atomic mass is 10.4. The molecule has 0 atom stereocenters. The first-order valence-corrected chi connectivity index (χ1v) is 8.14. The molecule has 1 aromatic heterocycles. The monoisotopic (exact) mass is 302 g/mol. The molecule has 0 spiro atoms. The molecule has 0 aliphatic rings. The van der Waals surface area contributed by atoms with Crippen molar-refractivity contribution >= 4 is 10.0 Å². The zero-order chi connectivity index (χ0) is 15.3. The van der Waals surface area contributed by atoms with Gasteiger partial charge in [-0.2, -0.15) is 0 Å². The maximum atomic E-state index is 12.5. The predicted octanol–water partition coefficient (Wildman–Crippen LogP) is 0.317. The second kappa shape index (κ2) is 7.21. The summed E-state index contributed by atoms with van der Waals surface area (Å²) in [5.74, 6) is 0. The number of nitrogens with one attached hydrogen (secondary N) is 1. The SMILES string of the molecule is CNCc1cc(S(=O)(=O)N(C)CCCN(C)C)cn1C. The average Bonchev–Trinajstić information content (AvgIpc) is 2.71. The van der Waals surface area contributed by atoms with Crippen LogP contribution in [-0.2, 0) is 23.6 Å². The Morgan fingerprint density at radius 1 is 1.25 bits per heavy atom. The summed E-state index contributed by atoms with van der Waals surface area (Å²) in [7, 11) is 5.91. The highest BCUT2D eigenvalue weighted by Crippen LogP contribution is 2.17. The summed E-state index contributed by atoms with van der Waals surface area (Å²) >= 11 is 0. The maximum absolute atomic E-state index is 12.5. The van der Waals surface area contributed by atoms with Gasteiger partial charge < -0.3 is 14.8 Å². The van der Waals surface area contributed by atoms with Gasteiger partial charge in [-0.05, 0) is 40.2 Å². The van der Waals surface area contributed by atoms with Gasteiger partial charge in [-0.1, -0.05) is 0 Å². The van der Waals surface area contributed by atoms with E-state index in [0.29, 0.717) is 18.0 Å². The maximum Gasteiger partial charge on any atom is 0.244 e. The van der Waals surface area contributed by atoms with Crippen LogP contribution in [0.2, 0.25) is 0 Å². The Kier molecular flexibility index (Phi) is 6.19. The minimum atomic E-state index is -3.39. The number of sulfonamides is 1. The molecule has 1 rings (SSSR count). The van der Waals surface area contributed by atoms with Crippen LogP contribution < -0.4 is 5.32 Å². The molecule has 6 nitrogen and oxygen atoms in total. The van der Waals surface area contributed by atoms with Crippen LogP contribution in [0.5, 0.6) is 0 Å². The molecule has 0 radical (unpaired) electrons. The first kappa shape index (κ1) is 17.2. The third kappa shape index (κ3) is 4.31. The lowest BCUT2D eigenvalue weighted by Crippen LogP contribution is -2.29. The smallest absolute Gasteiger partial charge is 0.244 e. The van der Waals surface area contributed by atoms with Crippen LogP contribution in [0.1, 0.15) is 12.1 Å². The van der Waals surface area contributed by atoms with Crippen molar-refractivity contribution in [3.8, 4) is 0 Å². The summed E-state index contributed by atoms with van der Waals surface area (Å²) in [6.45, 7) is 2.05. The Hall–Kier alpha value is -0.890. The summed E-state index contributed by atoms with van der Waals surface area (Å²) in [5, 5.41) is 3.03. The number of rotatable bonds is 8. The quantitative estimate of drug-likeness (QED) is 0.751. The van der Waals surface area contributed by atoms with Crippen LogP contribution in [0.3, 0.4) is 0 Å². The van der Waals surface area contributed by atoms with Crippen molar-refractivity contribution in [2.45, 2.75) is 17.9 Å². The van der Waals surface area contributed by atoms with E-state index >= 15 is 0 Å². The van der Waals surface area contributed by atoms with Crippen molar-refractivity contribution in [3.63, 3.8) is 0 Å². The molecular weight excluding hydrogens is 276 g/mol. The molecule has 0 aliphatic carbocycles. The average molecular weight is 302 g/mol. The molecule has 0 fully saturated rings. The van der Waals surface area contributed by atoms with E-state index in [1.807, 2.05) is 37.7 Å². The lowest BCUT2D eigenvalue weighted by molar-refractivity contribution is 0.370. The van der Waals surface area contributed by atoms with Crippen molar-refractivity contribution in [1.82, 2.24) is 19.1 Å². The largest absolute Gasteiger partial charge is 0.352 e. The Morgan fingerprint density at radius 2 is 1.90 bits per heavy atom. The first-order valence-electron chi connectivity index (χ1n) is 6.70. The molecular formula is C13H26N4O2S. The second-order valence-electron chi connectivity index (χ2n) is 5.29. The van der Waals surface area contributed by atoms with Gasteiger partial charge in [0.1, 0.15) is 4.90 Å². The Balaban J connectivity index is 2.79. The highest BCUT2D eigenvalue weighted by Gasteiger charge is 2.22. The van der Waals surface area contributed by atoms with Crippen molar-refractivity contribution < 1.29 is 8.42 Å². The lowest BCUT2D eigenvalue weighted by Gasteiger charge is -2.17. The third-order valence-corrected chi connectivity index (χ3v) is 5.05. The molecule has 116 valence electrons. The van der Waals surface area contributed by atoms with Gasteiger partial charge in [-0.3, -0.25) is 0 Å². The number of hydrogen-bond acceptors (Lipinski definition) is 4. The molecule has 0 saturated carbocycles. The fraction of sp³-hybridized carbons (Fsp3) is 0.692. The normalized spacial score (nSPS) is 12.6. The van der Waals surface area contributed by atoms with Crippen LogP contribution in [0.4, 0.5) is 0 Å². The molecule has 1 heterocycles. The standard InChI is InChI=1S/C13H26N4O2S/c1-14-10-12-9-13(11-16(12)4)20(18,19)17(5)8-6-7-15(2)3/h9,11,14H,6-8,10H2,1-5H3. The van der Waals surface area contributed by atoms with Crippen molar-refractivity contribution in [2.24, 2.45) is 7.05 Å². The first-order chi connectivity index (χ1) is 9.28. The number of aromatic nitrogens is 1. The molecule has 0 unspecified atom stereocenters. The van der Waals surface area contributed by atoms with Crippen LogP contribution in [0.25, 0.3) is 0 Å². The van der Waals surface area contributed by atoms with Crippen LogP contribution >= 0.6 is 0 Å². The van der Waals surface area contributed by atoms with Crippen molar-refractivity contribution in [3.05, 3.63) is 18.0 Å². The van der Waals surface area contributed by atoms with Gasteiger partial charge in [0, 0.05) is 39.1 Å². The van der Waals surface area contributed by atoms with E-state index in [2.05, 4.69) is 5.32 Å². The number of aryl methyl sites for hydroxylation is 1. The van der Waals surface area contributed by atoms with Crippen LogP contribution in [0, 0.1) is 0 Å². The van der Waals surface area contributed by atoms with Gasteiger partial charge in [0.15, 0.2) is 0 Å². The summed E-state index contributed by atoms with van der Waals surface area (Å²) < 4.78 is 28.2. The van der Waals surface area contributed by atoms with Crippen molar-refractivity contribution in [2.75, 3.05) is 41.3 Å². The Morgan fingerprint density at radius 3 is 2.45 bits per heavy atom. The Labute approximate surface area is 122 Å². The molecule has 7 heteroatoms. The van der Waals surface area contributed by atoms with Gasteiger partial charge in [0.25, 0.3) is 0 Å². The molecule has 0 bridgehead atoms. The fourth-order valence-corrected chi connectivity index (χ4v) is 3.29. The molecule has 20 heavy (non-hydrogen) atoms. The minimum Gasteiger partial charge on any atom is -0.352 e. The summed E-state index contributed by atoms with van der Waals surface area (Å²) in [6, 6.07) is 1.73. The van der Waals surface area contributed by atoms with Gasteiger partial charge in [0.2, 0.25) is 10.0 Å². The third-order valence-electron chi connectivity index (χ3n) is 3.23. The van der Waals surface area contributed by atoms with Gasteiger partial charge in [-0.25, -0.2) is 12.7 Å². The summed E-state index contributed by atoms with van der Waals surface area (Å²) in [5.41, 5.74) is 0.952. The molecule has 0 aliphatic heterocycles. The van der Waals surface area contributed by atoms with E-state index in [4.69, 9.17) is 0 Å². The minimum absolute atomic E-state index is 0.359. The van der Waals surface area contributed by atoms with Crippen LogP contribution in [0.15, 0.2) is 17.2 Å². The van der Waals surface area contributed by atoms with E-state index in [1.54, 1.807) is 19.3 Å². The zero-order valence-electron chi connectivity index (χ0n) is 13.0. The molecule has 1 aromatic rings. The molecule has 0 amide bonds. The van der Waals surface area contributed by atoms with E-state index in [1.165, 1.54) is 4.31 Å². The number of nitrogens with zero attached hydrogens (tertiary/aromatic N) is 3. The van der Waals surface area contributed by atoms with Crippen molar-refractivity contribution in [1.29, 1.82) is 0 Å². The molecule has 0 saturated heterocycles. The Bertz CT molecular complexity index is 522. The zero-order valence-corrected chi connectivity index (χ0v) is 13.9. The van der Waals surface area contributed by atoms with E-state index in [-0.39, 0.29) is 0 Å². The molecule has 0 aromatic carbocycles. The van der Waals surface area contributed by atoms with Crippen LogP contribution in [-0.4, -0.2) is 63.5 Å². The van der Waals surface area contributed by atoms with E-state index in [0.717, 1.165) is 18.7 Å². The van der Waals surface area contributed by atoms with E-state index in [9.17, 15) is 8.42 Å². The highest BCUT2D eigenvalue weighted by atomic mass is 32.2. The highest BCUT2D eigenvalue weighted by molar-refractivity contribution is 7.89. The van der Waals surface area contributed by atoms with Gasteiger partial charge in [-0.15, -0.1) is 0 Å². The summed E-state index contributed by atoms with van der Waals surface area (Å²) in [6.07, 6.45) is 2.49. The summed E-state index contributed by atoms with van der Waals surface area (Å²) in [4.78, 5) is 2.41. The van der Waals surface area contributed by atoms with Gasteiger partial charge in [0.05, 0.1) is 0 Å². The predicted molar refractivity (Wildman–Crippen MR) is 81.2 cm³/mol.